The topological polar surface area (TPSA) is 32.3 Å². The number of nitrogens with zero attached hydrogens (tertiary/aromatic N) is 1. The summed E-state index contributed by atoms with van der Waals surface area (Å²) in [7, 11) is 0. The average molecular weight is 230 g/mol. The lowest BCUT2D eigenvalue weighted by Crippen LogP contribution is -2.29. The summed E-state index contributed by atoms with van der Waals surface area (Å²) < 4.78 is 0. The van der Waals surface area contributed by atoms with Crippen LogP contribution in [0, 0.1) is 12.3 Å². The fourth-order valence-corrected chi connectivity index (χ4v) is 3.01. The SMILES string of the molecule is Cc1cccc(N2C[C@@]3(CCNC3)CC2=O)c1. The van der Waals surface area contributed by atoms with Crippen LogP contribution in [0.15, 0.2) is 24.3 Å². The summed E-state index contributed by atoms with van der Waals surface area (Å²) in [6.07, 6.45) is 1.83. The van der Waals surface area contributed by atoms with Crippen molar-refractivity contribution in [3.8, 4) is 0 Å². The van der Waals surface area contributed by atoms with Gasteiger partial charge in [-0.15, -0.1) is 0 Å². The van der Waals surface area contributed by atoms with Gasteiger partial charge in [-0.2, -0.15) is 0 Å². The van der Waals surface area contributed by atoms with Crippen LogP contribution in [-0.2, 0) is 4.79 Å². The van der Waals surface area contributed by atoms with E-state index in [4.69, 9.17) is 0 Å². The van der Waals surface area contributed by atoms with E-state index >= 15 is 0 Å². The van der Waals surface area contributed by atoms with Crippen LogP contribution >= 0.6 is 0 Å². The molecule has 2 aliphatic heterocycles. The molecule has 90 valence electrons. The lowest BCUT2D eigenvalue weighted by Gasteiger charge is -2.22. The predicted molar refractivity (Wildman–Crippen MR) is 68.1 cm³/mol. The number of carbonyl (C=O) groups is 1. The van der Waals surface area contributed by atoms with Crippen molar-refractivity contribution in [3.63, 3.8) is 0 Å². The lowest BCUT2D eigenvalue weighted by molar-refractivity contribution is -0.117. The zero-order valence-electron chi connectivity index (χ0n) is 10.2. The largest absolute Gasteiger partial charge is 0.316 e. The zero-order chi connectivity index (χ0) is 11.9. The molecule has 2 aliphatic rings. The van der Waals surface area contributed by atoms with E-state index < -0.39 is 0 Å². The molecule has 1 spiro atoms. The number of aryl methyl sites for hydroxylation is 1. The highest BCUT2D eigenvalue weighted by molar-refractivity contribution is 5.96. The smallest absolute Gasteiger partial charge is 0.227 e. The Morgan fingerprint density at radius 1 is 1.41 bits per heavy atom. The minimum atomic E-state index is 0.195. The second-order valence-corrected chi connectivity index (χ2v) is 5.42. The maximum atomic E-state index is 12.1. The highest BCUT2D eigenvalue weighted by atomic mass is 16.2. The Hall–Kier alpha value is -1.35. The average Bonchev–Trinajstić information content (AvgIpc) is 2.87. The van der Waals surface area contributed by atoms with Crippen molar-refractivity contribution in [1.82, 2.24) is 5.32 Å². The predicted octanol–water partition coefficient (Wildman–Crippen LogP) is 1.71. The van der Waals surface area contributed by atoms with Gasteiger partial charge in [0.1, 0.15) is 0 Å². The molecule has 1 atom stereocenters. The fourth-order valence-electron chi connectivity index (χ4n) is 3.01. The van der Waals surface area contributed by atoms with Crippen LogP contribution in [0.5, 0.6) is 0 Å². The molecule has 0 saturated carbocycles. The minimum absolute atomic E-state index is 0.195. The van der Waals surface area contributed by atoms with Gasteiger partial charge in [0.2, 0.25) is 5.91 Å². The first-order valence-corrected chi connectivity index (χ1v) is 6.26. The molecule has 3 heteroatoms. The molecular formula is C14H18N2O. The Morgan fingerprint density at radius 3 is 3.00 bits per heavy atom. The Kier molecular flexibility index (Phi) is 2.44. The Balaban J connectivity index is 1.87. The Labute approximate surface area is 102 Å². The summed E-state index contributed by atoms with van der Waals surface area (Å²) in [6, 6.07) is 8.22. The molecule has 2 fully saturated rings. The first kappa shape index (κ1) is 10.8. The normalized spacial score (nSPS) is 28.3. The van der Waals surface area contributed by atoms with E-state index in [1.807, 2.05) is 17.0 Å². The third-order valence-electron chi connectivity index (χ3n) is 3.97. The van der Waals surface area contributed by atoms with Gasteiger partial charge in [-0.25, -0.2) is 0 Å². The van der Waals surface area contributed by atoms with Gasteiger partial charge < -0.3 is 10.2 Å². The Morgan fingerprint density at radius 2 is 2.29 bits per heavy atom. The molecule has 3 rings (SSSR count). The third-order valence-corrected chi connectivity index (χ3v) is 3.97. The summed E-state index contributed by atoms with van der Waals surface area (Å²) in [5, 5.41) is 3.38. The summed E-state index contributed by atoms with van der Waals surface area (Å²) in [6.45, 7) is 4.98. The third kappa shape index (κ3) is 1.84. The number of nitrogens with one attached hydrogen (secondary N) is 1. The van der Waals surface area contributed by atoms with Crippen LogP contribution in [0.2, 0.25) is 0 Å². The minimum Gasteiger partial charge on any atom is -0.316 e. The second-order valence-electron chi connectivity index (χ2n) is 5.42. The van der Waals surface area contributed by atoms with Gasteiger partial charge >= 0.3 is 0 Å². The fraction of sp³-hybridized carbons (Fsp3) is 0.500. The molecule has 1 aromatic rings. The van der Waals surface area contributed by atoms with E-state index in [0.717, 1.165) is 31.7 Å². The molecule has 1 aromatic carbocycles. The number of anilines is 1. The maximum Gasteiger partial charge on any atom is 0.227 e. The van der Waals surface area contributed by atoms with Crippen molar-refractivity contribution in [1.29, 1.82) is 0 Å². The van der Waals surface area contributed by atoms with E-state index in [2.05, 4.69) is 24.4 Å². The van der Waals surface area contributed by atoms with Gasteiger partial charge in [0.05, 0.1) is 0 Å². The van der Waals surface area contributed by atoms with Crippen LogP contribution in [0.25, 0.3) is 0 Å². The van der Waals surface area contributed by atoms with E-state index in [0.29, 0.717) is 6.42 Å². The molecule has 0 bridgehead atoms. The van der Waals surface area contributed by atoms with Crippen molar-refractivity contribution in [2.75, 3.05) is 24.5 Å². The standard InChI is InChI=1S/C14H18N2O/c1-11-3-2-4-12(7-11)16-10-14(8-13(16)17)5-6-15-9-14/h2-4,7,15H,5-6,8-10H2,1H3/t14-/m0/s1. The van der Waals surface area contributed by atoms with E-state index in [-0.39, 0.29) is 11.3 Å². The lowest BCUT2D eigenvalue weighted by atomic mass is 9.86. The summed E-state index contributed by atoms with van der Waals surface area (Å²) in [5.74, 6) is 0.277. The monoisotopic (exact) mass is 230 g/mol. The first-order valence-electron chi connectivity index (χ1n) is 6.26. The molecule has 1 amide bonds. The van der Waals surface area contributed by atoms with Crippen LogP contribution in [0.3, 0.4) is 0 Å². The van der Waals surface area contributed by atoms with Gasteiger partial charge in [-0.1, -0.05) is 12.1 Å². The number of rotatable bonds is 1. The molecule has 0 unspecified atom stereocenters. The van der Waals surface area contributed by atoms with Crippen LogP contribution in [0.1, 0.15) is 18.4 Å². The molecule has 2 saturated heterocycles. The summed E-state index contributed by atoms with van der Waals surface area (Å²) in [4.78, 5) is 14.1. The summed E-state index contributed by atoms with van der Waals surface area (Å²) in [5.41, 5.74) is 2.46. The van der Waals surface area contributed by atoms with Gasteiger partial charge in [0.15, 0.2) is 0 Å². The van der Waals surface area contributed by atoms with Crippen molar-refractivity contribution in [2.24, 2.45) is 5.41 Å². The molecule has 17 heavy (non-hydrogen) atoms. The second kappa shape index (κ2) is 3.84. The molecule has 3 nitrogen and oxygen atoms in total. The Bertz CT molecular complexity index is 449. The van der Waals surface area contributed by atoms with Gasteiger partial charge in [0.25, 0.3) is 0 Å². The van der Waals surface area contributed by atoms with Gasteiger partial charge in [-0.3, -0.25) is 4.79 Å². The number of benzene rings is 1. The molecular weight excluding hydrogens is 212 g/mol. The quantitative estimate of drug-likeness (QED) is 0.796. The van der Waals surface area contributed by atoms with Crippen molar-refractivity contribution in [2.45, 2.75) is 19.8 Å². The number of amides is 1. The van der Waals surface area contributed by atoms with Crippen LogP contribution in [0.4, 0.5) is 5.69 Å². The van der Waals surface area contributed by atoms with Crippen LogP contribution < -0.4 is 10.2 Å². The maximum absolute atomic E-state index is 12.1. The van der Waals surface area contributed by atoms with Gasteiger partial charge in [-0.05, 0) is 37.6 Å². The molecule has 0 aromatic heterocycles. The van der Waals surface area contributed by atoms with E-state index in [9.17, 15) is 4.79 Å². The number of hydrogen-bond donors (Lipinski definition) is 1. The molecule has 0 aliphatic carbocycles. The zero-order valence-corrected chi connectivity index (χ0v) is 10.2. The van der Waals surface area contributed by atoms with Gasteiger partial charge in [0, 0.05) is 30.6 Å². The molecule has 1 N–H and O–H groups in total. The first-order chi connectivity index (χ1) is 8.19. The summed E-state index contributed by atoms with van der Waals surface area (Å²) >= 11 is 0. The number of hydrogen-bond acceptors (Lipinski definition) is 2. The van der Waals surface area contributed by atoms with E-state index in [1.54, 1.807) is 0 Å². The highest BCUT2D eigenvalue weighted by Crippen LogP contribution is 2.38. The van der Waals surface area contributed by atoms with Crippen molar-refractivity contribution < 1.29 is 4.79 Å². The molecule has 2 heterocycles. The van der Waals surface area contributed by atoms with E-state index in [1.165, 1.54) is 5.56 Å². The van der Waals surface area contributed by atoms with Crippen molar-refractivity contribution >= 4 is 11.6 Å². The highest BCUT2D eigenvalue weighted by Gasteiger charge is 2.45. The molecule has 0 radical (unpaired) electrons. The van der Waals surface area contributed by atoms with Crippen molar-refractivity contribution in [3.05, 3.63) is 29.8 Å². The number of carbonyl (C=O) groups excluding carboxylic acids is 1. The van der Waals surface area contributed by atoms with Crippen LogP contribution in [-0.4, -0.2) is 25.5 Å².